The number of rotatable bonds is 5. The smallest absolute Gasteiger partial charge is 0.239 e. The molecule has 2 aliphatic heterocycles. The van der Waals surface area contributed by atoms with Crippen LogP contribution in [-0.2, 0) is 11.3 Å². The molecule has 3 rings (SSSR count). The van der Waals surface area contributed by atoms with Gasteiger partial charge >= 0.3 is 0 Å². The molecule has 1 amide bonds. The van der Waals surface area contributed by atoms with Crippen LogP contribution in [0.25, 0.3) is 0 Å². The van der Waals surface area contributed by atoms with Gasteiger partial charge in [0.25, 0.3) is 0 Å². The maximum absolute atomic E-state index is 12.9. The van der Waals surface area contributed by atoms with Crippen molar-refractivity contribution in [1.82, 2.24) is 15.1 Å². The van der Waals surface area contributed by atoms with Crippen molar-refractivity contribution in [2.45, 2.75) is 38.3 Å². The maximum atomic E-state index is 12.9. The molecule has 2 saturated heterocycles. The topological polar surface area (TPSA) is 35.6 Å². The largest absolute Gasteiger partial charge is 0.341 e. The number of hydrogen-bond acceptors (Lipinski definition) is 3. The first-order chi connectivity index (χ1) is 11.3. The summed E-state index contributed by atoms with van der Waals surface area (Å²) in [5.74, 6) is 1.09. The van der Waals surface area contributed by atoms with Gasteiger partial charge in [-0.05, 0) is 57.3 Å². The molecule has 0 spiro atoms. The second-order valence-corrected chi connectivity index (χ2v) is 6.94. The molecule has 4 heteroatoms. The summed E-state index contributed by atoms with van der Waals surface area (Å²) in [4.78, 5) is 17.4. The van der Waals surface area contributed by atoms with Gasteiger partial charge in [0.15, 0.2) is 0 Å². The number of nitrogens with one attached hydrogen (secondary N) is 1. The Hall–Kier alpha value is -1.39. The van der Waals surface area contributed by atoms with Crippen LogP contribution in [0.15, 0.2) is 30.3 Å². The number of amides is 1. The van der Waals surface area contributed by atoms with Crippen LogP contribution in [0.2, 0.25) is 0 Å². The van der Waals surface area contributed by atoms with E-state index in [9.17, 15) is 4.79 Å². The first-order valence-electron chi connectivity index (χ1n) is 8.99. The number of carbonyl (C=O) groups excluding carboxylic acids is 1. The number of nitrogens with zero attached hydrogens (tertiary/aromatic N) is 2. The molecule has 2 fully saturated rings. The van der Waals surface area contributed by atoms with E-state index in [0.717, 1.165) is 64.3 Å². The van der Waals surface area contributed by atoms with E-state index in [0.29, 0.717) is 5.91 Å². The Kier molecular flexibility index (Phi) is 5.68. The number of carbonyl (C=O) groups is 1. The maximum Gasteiger partial charge on any atom is 0.239 e. The molecule has 1 atom stereocenters. The zero-order chi connectivity index (χ0) is 16.1. The van der Waals surface area contributed by atoms with Crippen molar-refractivity contribution in [3.05, 3.63) is 35.9 Å². The monoisotopic (exact) mass is 315 g/mol. The predicted octanol–water partition coefficient (Wildman–Crippen LogP) is 2.11. The number of piperidine rings is 1. The molecule has 1 unspecified atom stereocenters. The van der Waals surface area contributed by atoms with Crippen LogP contribution in [-0.4, -0.2) is 55.0 Å². The standard InChI is InChI=1S/C19H29N3O/c1-20-14-16-9-12-21(13-10-16)19(23)18-8-5-11-22(18)15-17-6-3-2-4-7-17/h2-4,6-7,16,18,20H,5,8-15H2,1H3. The van der Waals surface area contributed by atoms with Gasteiger partial charge in [-0.2, -0.15) is 0 Å². The van der Waals surface area contributed by atoms with Crippen LogP contribution >= 0.6 is 0 Å². The van der Waals surface area contributed by atoms with Gasteiger partial charge < -0.3 is 10.2 Å². The Bertz CT molecular complexity index is 497. The van der Waals surface area contributed by atoms with Crippen LogP contribution in [0.3, 0.4) is 0 Å². The summed E-state index contributed by atoms with van der Waals surface area (Å²) in [5.41, 5.74) is 1.31. The average Bonchev–Trinajstić information content (AvgIpc) is 3.04. The second-order valence-electron chi connectivity index (χ2n) is 6.94. The van der Waals surface area contributed by atoms with Gasteiger partial charge in [-0.3, -0.25) is 9.69 Å². The van der Waals surface area contributed by atoms with Gasteiger partial charge in [0.1, 0.15) is 0 Å². The van der Waals surface area contributed by atoms with E-state index < -0.39 is 0 Å². The Balaban J connectivity index is 1.56. The van der Waals surface area contributed by atoms with Gasteiger partial charge in [-0.15, -0.1) is 0 Å². The highest BCUT2D eigenvalue weighted by Gasteiger charge is 2.34. The Labute approximate surface area is 139 Å². The summed E-state index contributed by atoms with van der Waals surface area (Å²) in [5, 5.41) is 3.26. The highest BCUT2D eigenvalue weighted by atomic mass is 16.2. The normalized spacial score (nSPS) is 23.3. The number of benzene rings is 1. The van der Waals surface area contributed by atoms with Gasteiger partial charge in [0.2, 0.25) is 5.91 Å². The zero-order valence-corrected chi connectivity index (χ0v) is 14.2. The van der Waals surface area contributed by atoms with E-state index in [4.69, 9.17) is 0 Å². The predicted molar refractivity (Wildman–Crippen MR) is 93.1 cm³/mol. The lowest BCUT2D eigenvalue weighted by atomic mass is 9.96. The molecule has 1 aromatic rings. The summed E-state index contributed by atoms with van der Waals surface area (Å²) in [7, 11) is 2.01. The third kappa shape index (κ3) is 4.12. The SMILES string of the molecule is CNCC1CCN(C(=O)C2CCCN2Cc2ccccc2)CC1. The molecule has 2 aliphatic rings. The van der Waals surface area contributed by atoms with Gasteiger partial charge in [-0.1, -0.05) is 30.3 Å². The summed E-state index contributed by atoms with van der Waals surface area (Å²) in [6.07, 6.45) is 4.43. The minimum Gasteiger partial charge on any atom is -0.341 e. The zero-order valence-electron chi connectivity index (χ0n) is 14.2. The Morgan fingerprint density at radius 3 is 2.57 bits per heavy atom. The summed E-state index contributed by atoms with van der Waals surface area (Å²) in [6.45, 7) is 4.88. The molecule has 126 valence electrons. The van der Waals surface area contributed by atoms with Crippen LogP contribution in [0.1, 0.15) is 31.2 Å². The molecule has 0 bridgehead atoms. The molecule has 2 heterocycles. The molecule has 1 aromatic carbocycles. The molecular weight excluding hydrogens is 286 g/mol. The summed E-state index contributed by atoms with van der Waals surface area (Å²) < 4.78 is 0. The van der Waals surface area contributed by atoms with Crippen LogP contribution in [0.4, 0.5) is 0 Å². The number of hydrogen-bond donors (Lipinski definition) is 1. The van der Waals surface area contributed by atoms with E-state index in [1.807, 2.05) is 13.1 Å². The third-order valence-corrected chi connectivity index (χ3v) is 5.30. The Morgan fingerprint density at radius 1 is 1.13 bits per heavy atom. The lowest BCUT2D eigenvalue weighted by Gasteiger charge is -2.35. The highest BCUT2D eigenvalue weighted by Crippen LogP contribution is 2.24. The average molecular weight is 315 g/mol. The summed E-state index contributed by atoms with van der Waals surface area (Å²) >= 11 is 0. The minimum absolute atomic E-state index is 0.0936. The van der Waals surface area contributed by atoms with Crippen molar-refractivity contribution in [2.75, 3.05) is 33.2 Å². The molecule has 0 radical (unpaired) electrons. The molecule has 0 aliphatic carbocycles. The van der Waals surface area contributed by atoms with Crippen molar-refractivity contribution in [1.29, 1.82) is 0 Å². The van der Waals surface area contributed by atoms with Crippen molar-refractivity contribution in [2.24, 2.45) is 5.92 Å². The molecule has 0 saturated carbocycles. The van der Waals surface area contributed by atoms with Crippen LogP contribution in [0, 0.1) is 5.92 Å². The van der Waals surface area contributed by atoms with E-state index in [1.54, 1.807) is 0 Å². The van der Waals surface area contributed by atoms with Crippen LogP contribution in [0.5, 0.6) is 0 Å². The lowest BCUT2D eigenvalue weighted by molar-refractivity contribution is -0.137. The van der Waals surface area contributed by atoms with Gasteiger partial charge in [0, 0.05) is 19.6 Å². The van der Waals surface area contributed by atoms with E-state index >= 15 is 0 Å². The van der Waals surface area contributed by atoms with E-state index in [2.05, 4.69) is 39.4 Å². The van der Waals surface area contributed by atoms with Crippen molar-refractivity contribution in [3.8, 4) is 0 Å². The fourth-order valence-corrected chi connectivity index (χ4v) is 3.97. The molecule has 4 nitrogen and oxygen atoms in total. The fraction of sp³-hybridized carbons (Fsp3) is 0.632. The molecule has 0 aromatic heterocycles. The van der Waals surface area contributed by atoms with Crippen molar-refractivity contribution < 1.29 is 4.79 Å². The lowest BCUT2D eigenvalue weighted by Crippen LogP contribution is -2.48. The second kappa shape index (κ2) is 7.93. The van der Waals surface area contributed by atoms with Gasteiger partial charge in [-0.25, -0.2) is 0 Å². The van der Waals surface area contributed by atoms with Crippen molar-refractivity contribution >= 4 is 5.91 Å². The van der Waals surface area contributed by atoms with Crippen molar-refractivity contribution in [3.63, 3.8) is 0 Å². The third-order valence-electron chi connectivity index (χ3n) is 5.30. The molecule has 1 N–H and O–H groups in total. The van der Waals surface area contributed by atoms with Gasteiger partial charge in [0.05, 0.1) is 6.04 Å². The summed E-state index contributed by atoms with van der Waals surface area (Å²) in [6, 6.07) is 10.6. The first kappa shape index (κ1) is 16.5. The van der Waals surface area contributed by atoms with E-state index in [1.165, 1.54) is 5.56 Å². The highest BCUT2D eigenvalue weighted by molar-refractivity contribution is 5.82. The Morgan fingerprint density at radius 2 is 1.87 bits per heavy atom. The molecule has 23 heavy (non-hydrogen) atoms. The molecular formula is C19H29N3O. The quantitative estimate of drug-likeness (QED) is 0.904. The number of likely N-dealkylation sites (tertiary alicyclic amines) is 2. The fourth-order valence-electron chi connectivity index (χ4n) is 3.97. The van der Waals surface area contributed by atoms with Crippen LogP contribution < -0.4 is 5.32 Å². The minimum atomic E-state index is 0.0936. The van der Waals surface area contributed by atoms with E-state index in [-0.39, 0.29) is 6.04 Å². The first-order valence-corrected chi connectivity index (χ1v) is 8.99.